The number of hydrazine groups is 1. The summed E-state index contributed by atoms with van der Waals surface area (Å²) < 4.78 is 50.0. The van der Waals surface area contributed by atoms with Crippen LogP contribution in [0.25, 0.3) is 22.0 Å². The molecule has 6 rings (SSSR count). The quantitative estimate of drug-likeness (QED) is 0.234. The number of pyridine rings is 1. The summed E-state index contributed by atoms with van der Waals surface area (Å²) >= 11 is 11.8. The summed E-state index contributed by atoms with van der Waals surface area (Å²) in [5.74, 6) is -3.49. The third-order valence-electron chi connectivity index (χ3n) is 7.03. The Kier molecular flexibility index (Phi) is 6.74. The second kappa shape index (κ2) is 10.2. The summed E-state index contributed by atoms with van der Waals surface area (Å²) in [4.78, 5) is 20.0. The molecular formula is C28H21Cl2F3N4O2. The molecule has 2 aliphatic heterocycles. The van der Waals surface area contributed by atoms with E-state index >= 15 is 8.78 Å². The number of hydrogen-bond acceptors (Lipinski definition) is 5. The Morgan fingerprint density at radius 1 is 1.00 bits per heavy atom. The van der Waals surface area contributed by atoms with Gasteiger partial charge in [0.2, 0.25) is 0 Å². The van der Waals surface area contributed by atoms with E-state index in [1.54, 1.807) is 5.01 Å². The van der Waals surface area contributed by atoms with Crippen LogP contribution in [0.4, 0.5) is 24.5 Å². The van der Waals surface area contributed by atoms with Gasteiger partial charge in [-0.1, -0.05) is 41.4 Å². The van der Waals surface area contributed by atoms with Crippen LogP contribution in [0.3, 0.4) is 0 Å². The molecule has 39 heavy (non-hydrogen) atoms. The summed E-state index contributed by atoms with van der Waals surface area (Å²) in [5.41, 5.74) is 5.30. The van der Waals surface area contributed by atoms with Gasteiger partial charge in [0.15, 0.2) is 11.6 Å². The van der Waals surface area contributed by atoms with Gasteiger partial charge in [-0.3, -0.25) is 20.2 Å². The zero-order chi connectivity index (χ0) is 27.3. The number of hydrogen-bond donors (Lipinski definition) is 1. The van der Waals surface area contributed by atoms with E-state index in [-0.39, 0.29) is 22.2 Å². The normalized spacial score (nSPS) is 15.1. The van der Waals surface area contributed by atoms with Crippen molar-refractivity contribution in [2.45, 2.75) is 6.42 Å². The standard InChI is InChI=1S/C28H21Cl2F3N4O2/c29-19-13-17(24(32)23(30)25(19)33)22-20(31)6-5-16-26(22)34-14-18(27(16)36-9-11-39-12-10-36)28(38)35-37-8-7-15-3-1-2-4-21(15)37/h1-6,13-14H,7-12H2,(H,35,38). The third-order valence-corrected chi connectivity index (χ3v) is 7.63. The second-order valence-corrected chi connectivity index (χ2v) is 10.0. The highest BCUT2D eigenvalue weighted by Gasteiger charge is 2.28. The summed E-state index contributed by atoms with van der Waals surface area (Å²) in [6.07, 6.45) is 2.14. The van der Waals surface area contributed by atoms with Crippen molar-refractivity contribution >= 4 is 51.4 Å². The zero-order valence-corrected chi connectivity index (χ0v) is 21.9. The predicted octanol–water partition coefficient (Wildman–Crippen LogP) is 6.17. The molecule has 0 spiro atoms. The van der Waals surface area contributed by atoms with Gasteiger partial charge in [0.1, 0.15) is 10.8 Å². The number of halogens is 5. The fourth-order valence-corrected chi connectivity index (χ4v) is 5.62. The largest absolute Gasteiger partial charge is 0.378 e. The van der Waals surface area contributed by atoms with Crippen LogP contribution in [0, 0.1) is 17.5 Å². The van der Waals surface area contributed by atoms with Gasteiger partial charge >= 0.3 is 0 Å². The average Bonchev–Trinajstić information content (AvgIpc) is 3.36. The molecule has 4 aromatic rings. The number of benzene rings is 3. The number of nitrogens with zero attached hydrogens (tertiary/aromatic N) is 3. The monoisotopic (exact) mass is 572 g/mol. The van der Waals surface area contributed by atoms with Gasteiger partial charge < -0.3 is 9.64 Å². The molecule has 1 fully saturated rings. The highest BCUT2D eigenvalue weighted by molar-refractivity contribution is 6.35. The Morgan fingerprint density at radius 2 is 1.77 bits per heavy atom. The summed E-state index contributed by atoms with van der Waals surface area (Å²) in [6, 6.07) is 11.5. The molecule has 1 aromatic heterocycles. The van der Waals surface area contributed by atoms with E-state index in [1.807, 2.05) is 29.2 Å². The van der Waals surface area contributed by atoms with E-state index in [0.29, 0.717) is 43.9 Å². The van der Waals surface area contributed by atoms with Gasteiger partial charge in [0, 0.05) is 42.3 Å². The maximum Gasteiger partial charge on any atom is 0.273 e. The summed E-state index contributed by atoms with van der Waals surface area (Å²) in [6.45, 7) is 2.41. The van der Waals surface area contributed by atoms with Gasteiger partial charge in [0.25, 0.3) is 5.91 Å². The molecule has 3 aromatic carbocycles. The SMILES string of the molecule is O=C(NN1CCc2ccccc21)c1cnc2c(-c3cc(Cl)c(F)c(Cl)c3F)c(F)ccc2c1N1CCOCC1. The lowest BCUT2D eigenvalue weighted by atomic mass is 9.98. The number of carbonyl (C=O) groups excluding carboxylic acids is 1. The Bertz CT molecular complexity index is 1630. The molecule has 3 heterocycles. The minimum Gasteiger partial charge on any atom is -0.378 e. The first-order valence-electron chi connectivity index (χ1n) is 12.3. The van der Waals surface area contributed by atoms with E-state index in [0.717, 1.165) is 29.8 Å². The molecule has 1 saturated heterocycles. The number of morpholine rings is 1. The highest BCUT2D eigenvalue weighted by Crippen LogP contribution is 2.41. The average molecular weight is 573 g/mol. The molecule has 6 nitrogen and oxygen atoms in total. The van der Waals surface area contributed by atoms with Crippen molar-refractivity contribution < 1.29 is 22.7 Å². The molecule has 0 bridgehead atoms. The van der Waals surface area contributed by atoms with Crippen molar-refractivity contribution in [3.63, 3.8) is 0 Å². The van der Waals surface area contributed by atoms with Crippen molar-refractivity contribution in [2.75, 3.05) is 42.8 Å². The van der Waals surface area contributed by atoms with E-state index in [9.17, 15) is 9.18 Å². The lowest BCUT2D eigenvalue weighted by Crippen LogP contribution is -2.43. The summed E-state index contributed by atoms with van der Waals surface area (Å²) in [5, 5.41) is 0.907. The number of amides is 1. The topological polar surface area (TPSA) is 57.7 Å². The van der Waals surface area contributed by atoms with Crippen LogP contribution in [0.2, 0.25) is 10.0 Å². The predicted molar refractivity (Wildman–Crippen MR) is 145 cm³/mol. The van der Waals surface area contributed by atoms with Gasteiger partial charge in [0.05, 0.1) is 40.7 Å². The molecule has 2 aliphatic rings. The van der Waals surface area contributed by atoms with Crippen LogP contribution in [0.1, 0.15) is 15.9 Å². The van der Waals surface area contributed by atoms with Gasteiger partial charge in [-0.25, -0.2) is 13.2 Å². The van der Waals surface area contributed by atoms with Crippen LogP contribution in [0.5, 0.6) is 0 Å². The van der Waals surface area contributed by atoms with Crippen LogP contribution >= 0.6 is 23.2 Å². The first-order valence-corrected chi connectivity index (χ1v) is 13.0. The Hall–Kier alpha value is -3.53. The van der Waals surface area contributed by atoms with Gasteiger partial charge in [-0.05, 0) is 36.2 Å². The van der Waals surface area contributed by atoms with Crippen molar-refractivity contribution in [1.82, 2.24) is 10.4 Å². The lowest BCUT2D eigenvalue weighted by molar-refractivity contribution is 0.0948. The van der Waals surface area contributed by atoms with Crippen molar-refractivity contribution in [2.24, 2.45) is 0 Å². The van der Waals surface area contributed by atoms with Crippen LogP contribution in [-0.4, -0.2) is 43.7 Å². The fourth-order valence-electron chi connectivity index (χ4n) is 5.17. The van der Waals surface area contributed by atoms with Gasteiger partial charge in [-0.15, -0.1) is 0 Å². The van der Waals surface area contributed by atoms with Crippen molar-refractivity contribution in [3.8, 4) is 11.1 Å². The molecule has 1 amide bonds. The molecule has 0 saturated carbocycles. The number of carbonyl (C=O) groups is 1. The molecule has 200 valence electrons. The smallest absolute Gasteiger partial charge is 0.273 e. The second-order valence-electron chi connectivity index (χ2n) is 9.26. The molecule has 1 N–H and O–H groups in total. The van der Waals surface area contributed by atoms with Crippen LogP contribution in [0.15, 0.2) is 48.7 Å². The summed E-state index contributed by atoms with van der Waals surface area (Å²) in [7, 11) is 0. The first-order chi connectivity index (χ1) is 18.8. The maximum absolute atomic E-state index is 15.3. The van der Waals surface area contributed by atoms with E-state index < -0.39 is 33.4 Å². The van der Waals surface area contributed by atoms with Crippen molar-refractivity contribution in [1.29, 1.82) is 0 Å². The van der Waals surface area contributed by atoms with Crippen molar-refractivity contribution in [3.05, 3.63) is 87.3 Å². The molecule has 0 aliphatic carbocycles. The third kappa shape index (κ3) is 4.44. The number of para-hydroxylation sites is 1. The number of aromatic nitrogens is 1. The van der Waals surface area contributed by atoms with Crippen LogP contribution in [-0.2, 0) is 11.2 Å². The van der Waals surface area contributed by atoms with E-state index in [1.165, 1.54) is 12.3 Å². The molecular weight excluding hydrogens is 552 g/mol. The van der Waals surface area contributed by atoms with Crippen LogP contribution < -0.4 is 15.3 Å². The zero-order valence-electron chi connectivity index (χ0n) is 20.4. The first kappa shape index (κ1) is 25.7. The minimum absolute atomic E-state index is 0.0807. The Morgan fingerprint density at radius 3 is 2.56 bits per heavy atom. The van der Waals surface area contributed by atoms with Gasteiger partial charge in [-0.2, -0.15) is 0 Å². The molecule has 0 atom stereocenters. The Labute approximate surface area is 231 Å². The molecule has 0 unspecified atom stereocenters. The maximum atomic E-state index is 15.3. The van der Waals surface area contributed by atoms with E-state index in [2.05, 4.69) is 10.4 Å². The minimum atomic E-state index is -1.16. The molecule has 11 heteroatoms. The van der Waals surface area contributed by atoms with E-state index in [4.69, 9.17) is 27.9 Å². The number of ether oxygens (including phenoxy) is 1. The number of nitrogens with one attached hydrogen (secondary N) is 1. The number of fused-ring (bicyclic) bond motifs is 2. The Balaban J connectivity index is 1.51. The number of anilines is 2. The number of rotatable bonds is 4. The molecule has 0 radical (unpaired) electrons. The lowest BCUT2D eigenvalue weighted by Gasteiger charge is -2.32. The fraction of sp³-hybridized carbons (Fsp3) is 0.214. The highest BCUT2D eigenvalue weighted by atomic mass is 35.5.